The number of hydrogen-bond acceptors (Lipinski definition) is 5. The van der Waals surface area contributed by atoms with Crippen molar-refractivity contribution < 1.29 is 13.9 Å². The summed E-state index contributed by atoms with van der Waals surface area (Å²) in [6.45, 7) is 3.05. The van der Waals surface area contributed by atoms with Crippen molar-refractivity contribution in [3.63, 3.8) is 0 Å². The standard InChI is InChI=1S/C15H22N2O3/c1-19-15(18)14-11(6-9-20-14)10-16-12-4-7-17(8-5-12)13-2-3-13/h6,9,12-13,16H,2-5,7-8,10H2,1H3. The van der Waals surface area contributed by atoms with E-state index in [9.17, 15) is 4.79 Å². The lowest BCUT2D eigenvalue weighted by atomic mass is 10.0. The minimum atomic E-state index is -0.407. The third-order valence-corrected chi connectivity index (χ3v) is 4.29. The highest BCUT2D eigenvalue weighted by Crippen LogP contribution is 2.29. The Balaban J connectivity index is 1.47. The van der Waals surface area contributed by atoms with Crippen molar-refractivity contribution in [2.75, 3.05) is 20.2 Å². The molecule has 0 unspecified atom stereocenters. The van der Waals surface area contributed by atoms with Gasteiger partial charge in [0.05, 0.1) is 13.4 Å². The van der Waals surface area contributed by atoms with E-state index in [4.69, 9.17) is 9.15 Å². The lowest BCUT2D eigenvalue weighted by Crippen LogP contribution is -2.43. The summed E-state index contributed by atoms with van der Waals surface area (Å²) in [6.07, 6.45) is 6.67. The maximum absolute atomic E-state index is 11.5. The van der Waals surface area contributed by atoms with Crippen LogP contribution in [0.15, 0.2) is 16.7 Å². The maximum Gasteiger partial charge on any atom is 0.374 e. The normalized spacial score (nSPS) is 21.1. The molecule has 1 saturated carbocycles. The van der Waals surface area contributed by atoms with Crippen LogP contribution < -0.4 is 5.32 Å². The Labute approximate surface area is 119 Å². The molecule has 2 aliphatic rings. The summed E-state index contributed by atoms with van der Waals surface area (Å²) in [4.78, 5) is 14.1. The summed E-state index contributed by atoms with van der Waals surface area (Å²) in [5.74, 6) is -0.0919. The molecule has 0 bridgehead atoms. The molecule has 110 valence electrons. The molecule has 2 heterocycles. The SMILES string of the molecule is COC(=O)c1occc1CNC1CCN(C2CC2)CC1. The van der Waals surface area contributed by atoms with Crippen LogP contribution >= 0.6 is 0 Å². The summed E-state index contributed by atoms with van der Waals surface area (Å²) >= 11 is 0. The first-order valence-corrected chi connectivity index (χ1v) is 7.40. The van der Waals surface area contributed by atoms with Crippen molar-refractivity contribution >= 4 is 5.97 Å². The lowest BCUT2D eigenvalue weighted by molar-refractivity contribution is 0.0563. The Morgan fingerprint density at radius 2 is 2.15 bits per heavy atom. The van der Waals surface area contributed by atoms with Gasteiger partial charge in [0.1, 0.15) is 0 Å². The van der Waals surface area contributed by atoms with Gasteiger partial charge in [0.15, 0.2) is 0 Å². The molecule has 1 saturated heterocycles. The number of hydrogen-bond donors (Lipinski definition) is 1. The zero-order chi connectivity index (χ0) is 13.9. The van der Waals surface area contributed by atoms with E-state index in [0.717, 1.165) is 11.6 Å². The van der Waals surface area contributed by atoms with Gasteiger partial charge >= 0.3 is 5.97 Å². The number of carbonyl (C=O) groups is 1. The van der Waals surface area contributed by atoms with E-state index >= 15 is 0 Å². The molecule has 20 heavy (non-hydrogen) atoms. The minimum absolute atomic E-state index is 0.315. The van der Waals surface area contributed by atoms with Crippen molar-refractivity contribution in [2.45, 2.75) is 44.3 Å². The number of likely N-dealkylation sites (tertiary alicyclic amines) is 1. The fraction of sp³-hybridized carbons (Fsp3) is 0.667. The quantitative estimate of drug-likeness (QED) is 0.832. The average molecular weight is 278 g/mol. The average Bonchev–Trinajstić information content (AvgIpc) is 3.23. The molecular weight excluding hydrogens is 256 g/mol. The van der Waals surface area contributed by atoms with Crippen LogP contribution in [0.3, 0.4) is 0 Å². The van der Waals surface area contributed by atoms with Crippen molar-refractivity contribution in [3.05, 3.63) is 23.7 Å². The van der Waals surface area contributed by atoms with Gasteiger partial charge in [0, 0.05) is 24.2 Å². The Bertz CT molecular complexity index is 459. The molecular formula is C15H22N2O3. The van der Waals surface area contributed by atoms with E-state index in [1.54, 1.807) is 6.26 Å². The van der Waals surface area contributed by atoms with E-state index in [1.807, 2.05) is 6.07 Å². The van der Waals surface area contributed by atoms with Gasteiger partial charge in [0.25, 0.3) is 0 Å². The molecule has 1 aromatic heterocycles. The molecule has 5 nitrogen and oxygen atoms in total. The van der Waals surface area contributed by atoms with Crippen LogP contribution in [0.2, 0.25) is 0 Å². The van der Waals surface area contributed by atoms with Crippen LogP contribution in [0.4, 0.5) is 0 Å². The Morgan fingerprint density at radius 1 is 1.40 bits per heavy atom. The molecule has 0 spiro atoms. The van der Waals surface area contributed by atoms with Crippen molar-refractivity contribution in [3.8, 4) is 0 Å². The van der Waals surface area contributed by atoms with Gasteiger partial charge in [-0.1, -0.05) is 0 Å². The summed E-state index contributed by atoms with van der Waals surface area (Å²) in [6, 6.07) is 3.24. The first-order valence-electron chi connectivity index (χ1n) is 7.40. The third-order valence-electron chi connectivity index (χ3n) is 4.29. The van der Waals surface area contributed by atoms with Gasteiger partial charge in [-0.05, 0) is 44.8 Å². The van der Waals surface area contributed by atoms with Gasteiger partial charge in [-0.2, -0.15) is 0 Å². The molecule has 0 aromatic carbocycles. The summed E-state index contributed by atoms with van der Waals surface area (Å²) in [5, 5.41) is 3.53. The Hall–Kier alpha value is -1.33. The number of piperidine rings is 1. The predicted octanol–water partition coefficient (Wildman–Crippen LogP) is 1.78. The summed E-state index contributed by atoms with van der Waals surface area (Å²) in [7, 11) is 1.37. The largest absolute Gasteiger partial charge is 0.463 e. The molecule has 1 aliphatic carbocycles. The second kappa shape index (κ2) is 5.97. The minimum Gasteiger partial charge on any atom is -0.463 e. The van der Waals surface area contributed by atoms with E-state index in [0.29, 0.717) is 18.3 Å². The Morgan fingerprint density at radius 3 is 2.80 bits per heavy atom. The molecule has 1 N–H and O–H groups in total. The first-order chi connectivity index (χ1) is 9.78. The van der Waals surface area contributed by atoms with Crippen LogP contribution in [0.5, 0.6) is 0 Å². The monoisotopic (exact) mass is 278 g/mol. The lowest BCUT2D eigenvalue weighted by Gasteiger charge is -2.32. The highest BCUT2D eigenvalue weighted by molar-refractivity contribution is 5.87. The van der Waals surface area contributed by atoms with Gasteiger partial charge in [-0.25, -0.2) is 4.79 Å². The van der Waals surface area contributed by atoms with E-state index in [1.165, 1.54) is 45.9 Å². The number of nitrogens with zero attached hydrogens (tertiary/aromatic N) is 1. The predicted molar refractivity (Wildman–Crippen MR) is 74.5 cm³/mol. The van der Waals surface area contributed by atoms with Gasteiger partial charge < -0.3 is 19.4 Å². The molecule has 3 rings (SSSR count). The second-order valence-electron chi connectivity index (χ2n) is 5.69. The Kier molecular flexibility index (Phi) is 4.08. The number of furan rings is 1. The van der Waals surface area contributed by atoms with Crippen molar-refractivity contribution in [2.24, 2.45) is 0 Å². The maximum atomic E-state index is 11.5. The highest BCUT2D eigenvalue weighted by Gasteiger charge is 2.31. The molecule has 0 atom stereocenters. The zero-order valence-electron chi connectivity index (χ0n) is 11.9. The number of esters is 1. The molecule has 5 heteroatoms. The van der Waals surface area contributed by atoms with E-state index in [2.05, 4.69) is 10.2 Å². The number of carbonyl (C=O) groups excluding carboxylic acids is 1. The van der Waals surface area contributed by atoms with E-state index in [-0.39, 0.29) is 0 Å². The number of methoxy groups -OCH3 is 1. The first kappa shape index (κ1) is 13.6. The highest BCUT2D eigenvalue weighted by atomic mass is 16.5. The fourth-order valence-electron chi connectivity index (χ4n) is 2.91. The van der Waals surface area contributed by atoms with Crippen LogP contribution in [0.25, 0.3) is 0 Å². The molecule has 2 fully saturated rings. The summed E-state index contributed by atoms with van der Waals surface area (Å²) in [5.41, 5.74) is 0.876. The summed E-state index contributed by atoms with van der Waals surface area (Å²) < 4.78 is 9.90. The number of rotatable bonds is 5. The molecule has 1 aliphatic heterocycles. The number of ether oxygens (including phenoxy) is 1. The van der Waals surface area contributed by atoms with Gasteiger partial charge in [-0.3, -0.25) is 0 Å². The van der Waals surface area contributed by atoms with Crippen molar-refractivity contribution in [1.29, 1.82) is 0 Å². The molecule has 0 radical (unpaired) electrons. The van der Waals surface area contributed by atoms with Crippen LogP contribution in [0, 0.1) is 0 Å². The van der Waals surface area contributed by atoms with Crippen LogP contribution in [-0.2, 0) is 11.3 Å². The van der Waals surface area contributed by atoms with Crippen molar-refractivity contribution in [1.82, 2.24) is 10.2 Å². The topological polar surface area (TPSA) is 54.7 Å². The molecule has 0 amide bonds. The molecule has 1 aromatic rings. The van der Waals surface area contributed by atoms with Gasteiger partial charge in [-0.15, -0.1) is 0 Å². The second-order valence-corrected chi connectivity index (χ2v) is 5.69. The smallest absolute Gasteiger partial charge is 0.374 e. The van der Waals surface area contributed by atoms with Crippen LogP contribution in [0.1, 0.15) is 41.8 Å². The third kappa shape index (κ3) is 3.04. The van der Waals surface area contributed by atoms with Gasteiger partial charge in [0.2, 0.25) is 5.76 Å². The van der Waals surface area contributed by atoms with E-state index < -0.39 is 5.97 Å². The van der Waals surface area contributed by atoms with Crippen LogP contribution in [-0.4, -0.2) is 43.2 Å². The number of nitrogens with one attached hydrogen (secondary N) is 1. The fourth-order valence-corrected chi connectivity index (χ4v) is 2.91. The zero-order valence-corrected chi connectivity index (χ0v) is 11.9.